The normalized spacial score (nSPS) is 25.1. The fourth-order valence-corrected chi connectivity index (χ4v) is 2.65. The molecule has 1 aromatic carbocycles. The summed E-state index contributed by atoms with van der Waals surface area (Å²) in [5, 5.41) is 0. The standard InChI is InChI=1S/C14H20N2O/c1-3-10-6-4-5-7-11(10)14-12(15)8-9-13(17)16(14)2/h4-7,12,14H,3,8-9,15H2,1-2H3. The number of carbonyl (C=O) groups excluding carboxylic acids is 1. The fraction of sp³-hybridized carbons (Fsp3) is 0.500. The van der Waals surface area contributed by atoms with E-state index in [4.69, 9.17) is 5.73 Å². The highest BCUT2D eigenvalue weighted by Gasteiger charge is 2.33. The van der Waals surface area contributed by atoms with Crippen molar-refractivity contribution in [2.45, 2.75) is 38.3 Å². The van der Waals surface area contributed by atoms with Crippen LogP contribution in [0.15, 0.2) is 24.3 Å². The maximum atomic E-state index is 11.8. The van der Waals surface area contributed by atoms with Crippen molar-refractivity contribution in [3.8, 4) is 0 Å². The number of aryl methyl sites for hydroxylation is 1. The zero-order chi connectivity index (χ0) is 12.4. The molecular weight excluding hydrogens is 212 g/mol. The first-order valence-corrected chi connectivity index (χ1v) is 6.24. The van der Waals surface area contributed by atoms with Gasteiger partial charge in [-0.25, -0.2) is 0 Å². The minimum absolute atomic E-state index is 0.0346. The Morgan fingerprint density at radius 2 is 2.12 bits per heavy atom. The minimum Gasteiger partial charge on any atom is -0.337 e. The lowest BCUT2D eigenvalue weighted by Gasteiger charge is -2.38. The van der Waals surface area contributed by atoms with Crippen molar-refractivity contribution in [2.75, 3.05) is 7.05 Å². The van der Waals surface area contributed by atoms with Gasteiger partial charge in [-0.15, -0.1) is 0 Å². The monoisotopic (exact) mass is 232 g/mol. The smallest absolute Gasteiger partial charge is 0.222 e. The van der Waals surface area contributed by atoms with Crippen LogP contribution in [-0.2, 0) is 11.2 Å². The van der Waals surface area contributed by atoms with Gasteiger partial charge in [-0.2, -0.15) is 0 Å². The number of carbonyl (C=O) groups is 1. The second-order valence-corrected chi connectivity index (χ2v) is 4.70. The SMILES string of the molecule is CCc1ccccc1C1C(N)CCC(=O)N1C. The summed E-state index contributed by atoms with van der Waals surface area (Å²) in [5.74, 6) is 0.197. The Balaban J connectivity index is 2.39. The quantitative estimate of drug-likeness (QED) is 0.846. The number of rotatable bonds is 2. The van der Waals surface area contributed by atoms with E-state index in [1.807, 2.05) is 24.1 Å². The highest BCUT2D eigenvalue weighted by Crippen LogP contribution is 2.31. The Hall–Kier alpha value is -1.35. The van der Waals surface area contributed by atoms with Crippen LogP contribution in [-0.4, -0.2) is 23.9 Å². The van der Waals surface area contributed by atoms with Crippen molar-refractivity contribution in [2.24, 2.45) is 5.73 Å². The van der Waals surface area contributed by atoms with Crippen molar-refractivity contribution in [3.63, 3.8) is 0 Å². The number of likely N-dealkylation sites (N-methyl/N-ethyl adjacent to an activating group) is 1. The highest BCUT2D eigenvalue weighted by atomic mass is 16.2. The molecule has 0 saturated carbocycles. The molecule has 1 amide bonds. The molecule has 1 aliphatic rings. The number of nitrogens with zero attached hydrogens (tertiary/aromatic N) is 1. The zero-order valence-electron chi connectivity index (χ0n) is 10.5. The first kappa shape index (κ1) is 12.1. The molecule has 0 aromatic heterocycles. The van der Waals surface area contributed by atoms with Gasteiger partial charge in [0.05, 0.1) is 6.04 Å². The third kappa shape index (κ3) is 2.20. The van der Waals surface area contributed by atoms with Gasteiger partial charge in [0.1, 0.15) is 0 Å². The maximum Gasteiger partial charge on any atom is 0.222 e. The molecule has 2 atom stereocenters. The van der Waals surface area contributed by atoms with Gasteiger partial charge in [0.25, 0.3) is 0 Å². The van der Waals surface area contributed by atoms with Gasteiger partial charge >= 0.3 is 0 Å². The molecule has 2 N–H and O–H groups in total. The van der Waals surface area contributed by atoms with E-state index in [1.54, 1.807) is 0 Å². The van der Waals surface area contributed by atoms with E-state index >= 15 is 0 Å². The molecule has 0 aliphatic carbocycles. The minimum atomic E-state index is 0.0346. The van der Waals surface area contributed by atoms with Crippen LogP contribution in [0.25, 0.3) is 0 Å². The summed E-state index contributed by atoms with van der Waals surface area (Å²) in [6, 6.07) is 8.36. The summed E-state index contributed by atoms with van der Waals surface area (Å²) >= 11 is 0. The number of hydrogen-bond acceptors (Lipinski definition) is 2. The van der Waals surface area contributed by atoms with Gasteiger partial charge < -0.3 is 10.6 Å². The van der Waals surface area contributed by atoms with Crippen LogP contribution in [0, 0.1) is 0 Å². The summed E-state index contributed by atoms with van der Waals surface area (Å²) in [7, 11) is 1.86. The van der Waals surface area contributed by atoms with Gasteiger partial charge in [0, 0.05) is 19.5 Å². The summed E-state index contributed by atoms with van der Waals surface area (Å²) in [6.45, 7) is 2.13. The Kier molecular flexibility index (Phi) is 3.48. The van der Waals surface area contributed by atoms with Crippen molar-refractivity contribution in [1.82, 2.24) is 4.90 Å². The van der Waals surface area contributed by atoms with Crippen LogP contribution in [0.4, 0.5) is 0 Å². The molecule has 17 heavy (non-hydrogen) atoms. The molecule has 2 unspecified atom stereocenters. The molecule has 1 aliphatic heterocycles. The number of amides is 1. The van der Waals surface area contributed by atoms with E-state index in [2.05, 4.69) is 19.1 Å². The molecule has 2 rings (SSSR count). The van der Waals surface area contributed by atoms with Crippen molar-refractivity contribution in [3.05, 3.63) is 35.4 Å². The predicted molar refractivity (Wildman–Crippen MR) is 68.5 cm³/mol. The Morgan fingerprint density at radius 1 is 1.41 bits per heavy atom. The van der Waals surface area contributed by atoms with Gasteiger partial charge in [-0.1, -0.05) is 31.2 Å². The molecule has 0 radical (unpaired) electrons. The molecule has 3 nitrogen and oxygen atoms in total. The Bertz CT molecular complexity index is 416. The molecule has 92 valence electrons. The van der Waals surface area contributed by atoms with Crippen LogP contribution >= 0.6 is 0 Å². The average Bonchev–Trinajstić information content (AvgIpc) is 2.35. The first-order chi connectivity index (χ1) is 8.15. The lowest BCUT2D eigenvalue weighted by molar-refractivity contribution is -0.135. The summed E-state index contributed by atoms with van der Waals surface area (Å²) in [5.41, 5.74) is 8.69. The van der Waals surface area contributed by atoms with E-state index in [-0.39, 0.29) is 18.0 Å². The Labute approximate surface area is 103 Å². The first-order valence-electron chi connectivity index (χ1n) is 6.24. The summed E-state index contributed by atoms with van der Waals surface area (Å²) in [6.07, 6.45) is 2.33. The number of piperidine rings is 1. The topological polar surface area (TPSA) is 46.3 Å². The molecule has 1 saturated heterocycles. The summed E-state index contributed by atoms with van der Waals surface area (Å²) < 4.78 is 0. The highest BCUT2D eigenvalue weighted by molar-refractivity contribution is 5.77. The van der Waals surface area contributed by atoms with E-state index in [0.717, 1.165) is 12.8 Å². The van der Waals surface area contributed by atoms with E-state index in [0.29, 0.717) is 6.42 Å². The summed E-state index contributed by atoms with van der Waals surface area (Å²) in [4.78, 5) is 13.6. The number of benzene rings is 1. The third-order valence-corrected chi connectivity index (χ3v) is 3.66. The van der Waals surface area contributed by atoms with Gasteiger partial charge in [0.2, 0.25) is 5.91 Å². The lowest BCUT2D eigenvalue weighted by Crippen LogP contribution is -2.47. The molecular formula is C14H20N2O. The molecule has 0 spiro atoms. The number of nitrogens with two attached hydrogens (primary N) is 1. The van der Waals surface area contributed by atoms with Gasteiger partial charge in [-0.05, 0) is 24.0 Å². The zero-order valence-corrected chi connectivity index (χ0v) is 10.5. The van der Waals surface area contributed by atoms with Crippen molar-refractivity contribution < 1.29 is 4.79 Å². The predicted octanol–water partition coefficient (Wildman–Crippen LogP) is 1.87. The maximum absolute atomic E-state index is 11.8. The second kappa shape index (κ2) is 4.88. The number of hydrogen-bond donors (Lipinski definition) is 1. The van der Waals surface area contributed by atoms with Crippen molar-refractivity contribution >= 4 is 5.91 Å². The van der Waals surface area contributed by atoms with Gasteiger partial charge in [-0.3, -0.25) is 4.79 Å². The third-order valence-electron chi connectivity index (χ3n) is 3.66. The molecule has 1 aromatic rings. The molecule has 1 heterocycles. The average molecular weight is 232 g/mol. The molecule has 0 bridgehead atoms. The van der Waals surface area contributed by atoms with E-state index < -0.39 is 0 Å². The van der Waals surface area contributed by atoms with Crippen LogP contribution in [0.3, 0.4) is 0 Å². The van der Waals surface area contributed by atoms with Crippen LogP contribution in [0.5, 0.6) is 0 Å². The second-order valence-electron chi connectivity index (χ2n) is 4.70. The molecule has 1 fully saturated rings. The fourth-order valence-electron chi connectivity index (χ4n) is 2.65. The molecule has 3 heteroatoms. The largest absolute Gasteiger partial charge is 0.337 e. The van der Waals surface area contributed by atoms with E-state index in [9.17, 15) is 4.79 Å². The van der Waals surface area contributed by atoms with E-state index in [1.165, 1.54) is 11.1 Å². The van der Waals surface area contributed by atoms with Crippen LogP contribution < -0.4 is 5.73 Å². The van der Waals surface area contributed by atoms with Crippen molar-refractivity contribution in [1.29, 1.82) is 0 Å². The number of likely N-dealkylation sites (tertiary alicyclic amines) is 1. The van der Waals surface area contributed by atoms with Crippen LogP contribution in [0.2, 0.25) is 0 Å². The van der Waals surface area contributed by atoms with Crippen LogP contribution in [0.1, 0.15) is 36.9 Å². The Morgan fingerprint density at radius 3 is 2.82 bits per heavy atom. The van der Waals surface area contributed by atoms with Gasteiger partial charge in [0.15, 0.2) is 0 Å². The lowest BCUT2D eigenvalue weighted by atomic mass is 9.88.